The van der Waals surface area contributed by atoms with Crippen molar-refractivity contribution in [3.63, 3.8) is 0 Å². The van der Waals surface area contributed by atoms with E-state index in [-0.39, 0.29) is 0 Å². The number of nitrogens with one attached hydrogen (secondary N) is 1. The smallest absolute Gasteiger partial charge is 0.0460 e. The fraction of sp³-hybridized carbons (Fsp3) is 0.647. The lowest BCUT2D eigenvalue weighted by molar-refractivity contribution is 0.203. The molecule has 2 rings (SSSR count). The molecular weight excluding hydrogens is 328 g/mol. The summed E-state index contributed by atoms with van der Waals surface area (Å²) in [4.78, 5) is 2.46. The van der Waals surface area contributed by atoms with Gasteiger partial charge in [-0.3, -0.25) is 0 Å². The molecule has 1 aliphatic heterocycles. The van der Waals surface area contributed by atoms with Gasteiger partial charge < -0.3 is 15.3 Å². The van der Waals surface area contributed by atoms with Gasteiger partial charge in [-0.05, 0) is 55.0 Å². The molecule has 1 aromatic rings. The normalized spacial score (nSPS) is 16.7. The summed E-state index contributed by atoms with van der Waals surface area (Å²) < 4.78 is 1.14. The third-order valence-corrected chi connectivity index (χ3v) is 4.62. The number of rotatable bonds is 6. The van der Waals surface area contributed by atoms with Crippen molar-refractivity contribution in [1.82, 2.24) is 5.32 Å². The SMILES string of the molecule is CC(C)CNCc1cc(Br)ccc1N1CCC(CO)CC1. The van der Waals surface area contributed by atoms with Gasteiger partial charge in [0.1, 0.15) is 0 Å². The Bertz CT molecular complexity index is 442. The van der Waals surface area contributed by atoms with Gasteiger partial charge in [0.15, 0.2) is 0 Å². The number of aliphatic hydroxyl groups excluding tert-OH is 1. The molecule has 0 radical (unpaired) electrons. The predicted octanol–water partition coefficient (Wildman–Crippen LogP) is 3.40. The summed E-state index contributed by atoms with van der Waals surface area (Å²) in [5, 5.41) is 12.8. The second kappa shape index (κ2) is 8.16. The van der Waals surface area contributed by atoms with Crippen molar-refractivity contribution < 1.29 is 5.11 Å². The van der Waals surface area contributed by atoms with Crippen molar-refractivity contribution in [2.24, 2.45) is 11.8 Å². The molecule has 3 nitrogen and oxygen atoms in total. The topological polar surface area (TPSA) is 35.5 Å². The van der Waals surface area contributed by atoms with E-state index in [1.165, 1.54) is 11.3 Å². The Hall–Kier alpha value is -0.580. The molecule has 1 heterocycles. The summed E-state index contributed by atoms with van der Waals surface area (Å²) >= 11 is 3.58. The molecule has 1 aliphatic rings. The number of hydrogen-bond donors (Lipinski definition) is 2. The van der Waals surface area contributed by atoms with Crippen LogP contribution in [0.15, 0.2) is 22.7 Å². The van der Waals surface area contributed by atoms with E-state index in [9.17, 15) is 5.11 Å². The maximum Gasteiger partial charge on any atom is 0.0460 e. The van der Waals surface area contributed by atoms with Crippen LogP contribution < -0.4 is 10.2 Å². The van der Waals surface area contributed by atoms with E-state index >= 15 is 0 Å². The van der Waals surface area contributed by atoms with Crippen LogP contribution >= 0.6 is 15.9 Å². The number of nitrogens with zero attached hydrogens (tertiary/aromatic N) is 1. The molecule has 0 spiro atoms. The van der Waals surface area contributed by atoms with Gasteiger partial charge in [0.05, 0.1) is 0 Å². The zero-order valence-corrected chi connectivity index (χ0v) is 14.7. The molecule has 118 valence electrons. The first-order valence-electron chi connectivity index (χ1n) is 7.95. The number of aliphatic hydroxyl groups is 1. The van der Waals surface area contributed by atoms with E-state index in [0.717, 1.165) is 43.5 Å². The van der Waals surface area contributed by atoms with Crippen LogP contribution in [0.4, 0.5) is 5.69 Å². The quantitative estimate of drug-likeness (QED) is 0.821. The maximum absolute atomic E-state index is 9.27. The number of piperidine rings is 1. The first-order chi connectivity index (χ1) is 10.1. The Morgan fingerprint density at radius 2 is 2.05 bits per heavy atom. The predicted molar refractivity (Wildman–Crippen MR) is 92.7 cm³/mol. The molecule has 1 aromatic carbocycles. The first kappa shape index (κ1) is 16.8. The third kappa shape index (κ3) is 4.97. The summed E-state index contributed by atoms with van der Waals surface area (Å²) in [6, 6.07) is 6.57. The van der Waals surface area contributed by atoms with Gasteiger partial charge in [-0.2, -0.15) is 0 Å². The van der Waals surface area contributed by atoms with Gasteiger partial charge in [0.25, 0.3) is 0 Å². The molecule has 0 aliphatic carbocycles. The summed E-state index contributed by atoms with van der Waals surface area (Å²) in [6.45, 7) is 8.83. The molecule has 4 heteroatoms. The number of anilines is 1. The summed E-state index contributed by atoms with van der Waals surface area (Å²) in [7, 11) is 0. The Morgan fingerprint density at radius 3 is 2.67 bits per heavy atom. The summed E-state index contributed by atoms with van der Waals surface area (Å²) in [5.41, 5.74) is 2.69. The Morgan fingerprint density at radius 1 is 1.33 bits per heavy atom. The molecule has 0 amide bonds. The molecule has 1 saturated heterocycles. The molecule has 0 atom stereocenters. The largest absolute Gasteiger partial charge is 0.396 e. The molecule has 0 aromatic heterocycles. The Labute approximate surface area is 136 Å². The number of halogens is 1. The van der Waals surface area contributed by atoms with Crippen molar-refractivity contribution in [3.05, 3.63) is 28.2 Å². The van der Waals surface area contributed by atoms with E-state index < -0.39 is 0 Å². The van der Waals surface area contributed by atoms with Crippen LogP contribution in [0.2, 0.25) is 0 Å². The highest BCUT2D eigenvalue weighted by molar-refractivity contribution is 9.10. The third-order valence-electron chi connectivity index (χ3n) is 4.12. The van der Waals surface area contributed by atoms with Crippen LogP contribution in [0.1, 0.15) is 32.3 Å². The summed E-state index contributed by atoms with van der Waals surface area (Å²) in [6.07, 6.45) is 2.18. The van der Waals surface area contributed by atoms with E-state index in [2.05, 4.69) is 58.2 Å². The van der Waals surface area contributed by atoms with Crippen LogP contribution in [0.3, 0.4) is 0 Å². The minimum absolute atomic E-state index is 0.330. The van der Waals surface area contributed by atoms with Crippen LogP contribution in [-0.2, 0) is 6.54 Å². The molecule has 2 N–H and O–H groups in total. The van der Waals surface area contributed by atoms with Gasteiger partial charge in [0.2, 0.25) is 0 Å². The van der Waals surface area contributed by atoms with E-state index in [1.54, 1.807) is 0 Å². The first-order valence-corrected chi connectivity index (χ1v) is 8.74. The zero-order chi connectivity index (χ0) is 15.2. The number of benzene rings is 1. The van der Waals surface area contributed by atoms with Gasteiger partial charge in [-0.15, -0.1) is 0 Å². The van der Waals surface area contributed by atoms with Gasteiger partial charge in [-0.25, -0.2) is 0 Å². The lowest BCUT2D eigenvalue weighted by Crippen LogP contribution is -2.35. The highest BCUT2D eigenvalue weighted by Gasteiger charge is 2.20. The standard InChI is InChI=1S/C17H27BrN2O/c1-13(2)10-19-11-15-9-16(18)3-4-17(15)20-7-5-14(12-21)6-8-20/h3-4,9,13-14,19,21H,5-8,10-12H2,1-2H3. The van der Waals surface area contributed by atoms with Crippen LogP contribution in [-0.4, -0.2) is 31.3 Å². The number of hydrogen-bond acceptors (Lipinski definition) is 3. The maximum atomic E-state index is 9.27. The molecule has 21 heavy (non-hydrogen) atoms. The van der Waals surface area contributed by atoms with Crippen molar-refractivity contribution in [1.29, 1.82) is 0 Å². The van der Waals surface area contributed by atoms with Gasteiger partial charge in [0, 0.05) is 36.4 Å². The van der Waals surface area contributed by atoms with Gasteiger partial charge in [-0.1, -0.05) is 29.8 Å². The molecule has 0 bridgehead atoms. The van der Waals surface area contributed by atoms with Crippen molar-refractivity contribution in [3.8, 4) is 0 Å². The summed E-state index contributed by atoms with van der Waals surface area (Å²) in [5.74, 6) is 1.15. The fourth-order valence-electron chi connectivity index (χ4n) is 2.86. The second-order valence-electron chi connectivity index (χ2n) is 6.41. The second-order valence-corrected chi connectivity index (χ2v) is 7.33. The van der Waals surface area contributed by atoms with Crippen LogP contribution in [0.5, 0.6) is 0 Å². The van der Waals surface area contributed by atoms with Crippen LogP contribution in [0.25, 0.3) is 0 Å². The molecule has 1 fully saturated rings. The molecule has 0 saturated carbocycles. The van der Waals surface area contributed by atoms with E-state index in [4.69, 9.17) is 0 Å². The monoisotopic (exact) mass is 354 g/mol. The molecule has 0 unspecified atom stereocenters. The average molecular weight is 355 g/mol. The zero-order valence-electron chi connectivity index (χ0n) is 13.1. The van der Waals surface area contributed by atoms with E-state index in [0.29, 0.717) is 18.4 Å². The minimum Gasteiger partial charge on any atom is -0.396 e. The minimum atomic E-state index is 0.330. The molecular formula is C17H27BrN2O. The van der Waals surface area contributed by atoms with Crippen molar-refractivity contribution in [2.45, 2.75) is 33.2 Å². The fourth-order valence-corrected chi connectivity index (χ4v) is 3.26. The highest BCUT2D eigenvalue weighted by Crippen LogP contribution is 2.28. The van der Waals surface area contributed by atoms with Crippen LogP contribution in [0, 0.1) is 11.8 Å². The Kier molecular flexibility index (Phi) is 6.52. The lowest BCUT2D eigenvalue weighted by atomic mass is 9.97. The van der Waals surface area contributed by atoms with Crippen molar-refractivity contribution in [2.75, 3.05) is 31.1 Å². The average Bonchev–Trinajstić information content (AvgIpc) is 2.47. The highest BCUT2D eigenvalue weighted by atomic mass is 79.9. The van der Waals surface area contributed by atoms with E-state index in [1.807, 2.05) is 0 Å². The lowest BCUT2D eigenvalue weighted by Gasteiger charge is -2.34. The Balaban J connectivity index is 2.04. The van der Waals surface area contributed by atoms with Crippen molar-refractivity contribution >= 4 is 21.6 Å². The van der Waals surface area contributed by atoms with Gasteiger partial charge >= 0.3 is 0 Å².